The average Bonchev–Trinajstić information content (AvgIpc) is 3.24. The van der Waals surface area contributed by atoms with Crippen LogP contribution in [-0.4, -0.2) is 34.9 Å². The molecule has 1 aliphatic carbocycles. The lowest BCUT2D eigenvalue weighted by Gasteiger charge is -2.27. The second kappa shape index (κ2) is 9.32. The maximum atomic E-state index is 13.7. The summed E-state index contributed by atoms with van der Waals surface area (Å²) in [7, 11) is 1.56. The molecule has 1 aromatic heterocycles. The number of terminal acetylenes is 1. The fourth-order valence-electron chi connectivity index (χ4n) is 4.23. The molecule has 7 nitrogen and oxygen atoms in total. The summed E-state index contributed by atoms with van der Waals surface area (Å²) in [6.45, 7) is 5.72. The number of hydrogen-bond donors (Lipinski definition) is 0. The number of fused-ring (bicyclic) bond motifs is 2. The van der Waals surface area contributed by atoms with Crippen LogP contribution in [0.15, 0.2) is 41.2 Å². The van der Waals surface area contributed by atoms with Crippen LogP contribution in [0.2, 0.25) is 0 Å². The van der Waals surface area contributed by atoms with E-state index in [9.17, 15) is 9.59 Å². The molecular weight excluding hydrogens is 430 g/mol. The first-order valence-corrected chi connectivity index (χ1v) is 11.3. The highest BCUT2D eigenvalue weighted by Gasteiger charge is 2.22. The number of nitrogens with zero attached hydrogens (tertiary/aromatic N) is 3. The van der Waals surface area contributed by atoms with Crippen molar-refractivity contribution < 1.29 is 14.3 Å². The molecule has 34 heavy (non-hydrogen) atoms. The van der Waals surface area contributed by atoms with E-state index in [0.717, 1.165) is 19.3 Å². The zero-order valence-electron chi connectivity index (χ0n) is 20.1. The quantitative estimate of drug-likeness (QED) is 0.411. The summed E-state index contributed by atoms with van der Waals surface area (Å²) in [5.74, 6) is 2.66. The molecule has 0 aliphatic heterocycles. The van der Waals surface area contributed by atoms with Gasteiger partial charge in [-0.25, -0.2) is 9.78 Å². The summed E-state index contributed by atoms with van der Waals surface area (Å²) in [5.41, 5.74) is 3.36. The van der Waals surface area contributed by atoms with Crippen molar-refractivity contribution in [2.24, 2.45) is 0 Å². The van der Waals surface area contributed by atoms with Crippen LogP contribution in [0.25, 0.3) is 10.9 Å². The van der Waals surface area contributed by atoms with Crippen molar-refractivity contribution in [1.82, 2.24) is 9.66 Å². The van der Waals surface area contributed by atoms with Gasteiger partial charge in [-0.2, -0.15) is 4.68 Å². The van der Waals surface area contributed by atoms with Gasteiger partial charge in [0.15, 0.2) is 5.82 Å². The van der Waals surface area contributed by atoms with E-state index in [1.807, 2.05) is 32.9 Å². The highest BCUT2D eigenvalue weighted by Crippen LogP contribution is 2.26. The number of rotatable bonds is 6. The molecule has 0 saturated carbocycles. The van der Waals surface area contributed by atoms with Crippen molar-refractivity contribution in [1.29, 1.82) is 0 Å². The summed E-state index contributed by atoms with van der Waals surface area (Å²) in [5, 5.41) is 2.22. The Morgan fingerprint density at radius 2 is 1.85 bits per heavy atom. The van der Waals surface area contributed by atoms with E-state index in [1.165, 1.54) is 15.8 Å². The molecule has 2 aromatic carbocycles. The van der Waals surface area contributed by atoms with Gasteiger partial charge in [0.2, 0.25) is 0 Å². The van der Waals surface area contributed by atoms with Crippen LogP contribution in [0.5, 0.6) is 0 Å². The Labute approximate surface area is 199 Å². The Morgan fingerprint density at radius 3 is 2.47 bits per heavy atom. The molecule has 1 aliphatic rings. The number of carbonyl (C=O) groups is 1. The summed E-state index contributed by atoms with van der Waals surface area (Å²) >= 11 is 0. The molecular formula is C27H29N3O4. The Bertz CT molecular complexity index is 1330. The molecule has 0 N–H and O–H groups in total. The number of esters is 1. The van der Waals surface area contributed by atoms with Crippen LogP contribution in [0.3, 0.4) is 0 Å². The molecule has 0 amide bonds. The first-order valence-electron chi connectivity index (χ1n) is 11.3. The van der Waals surface area contributed by atoms with E-state index < -0.39 is 11.6 Å². The Hall–Kier alpha value is -3.63. The Kier molecular flexibility index (Phi) is 6.45. The smallest absolute Gasteiger partial charge is 0.338 e. The lowest BCUT2D eigenvalue weighted by Crippen LogP contribution is -2.42. The third-order valence-electron chi connectivity index (χ3n) is 5.68. The highest BCUT2D eigenvalue weighted by molar-refractivity contribution is 5.90. The minimum absolute atomic E-state index is 0.126. The molecule has 0 bridgehead atoms. The fourth-order valence-corrected chi connectivity index (χ4v) is 4.23. The third-order valence-corrected chi connectivity index (χ3v) is 5.68. The molecule has 3 aromatic rings. The molecule has 1 heterocycles. The normalized spacial score (nSPS) is 12.9. The van der Waals surface area contributed by atoms with Crippen LogP contribution in [0.4, 0.5) is 5.69 Å². The molecule has 4 rings (SSSR count). The molecule has 0 spiro atoms. The SMILES string of the molecule is C#CCN(c1ccc(C(=O)OC(C)(C)C)cc1)n1c(COC)nc2cc3c(cc2c1=O)CCC3. The van der Waals surface area contributed by atoms with Crippen molar-refractivity contribution in [3.05, 3.63) is 69.3 Å². The van der Waals surface area contributed by atoms with Gasteiger partial charge in [0, 0.05) is 7.11 Å². The van der Waals surface area contributed by atoms with E-state index in [2.05, 4.69) is 5.92 Å². The van der Waals surface area contributed by atoms with Gasteiger partial charge < -0.3 is 9.47 Å². The summed E-state index contributed by atoms with van der Waals surface area (Å²) in [4.78, 5) is 30.9. The molecule has 0 fully saturated rings. The van der Waals surface area contributed by atoms with Gasteiger partial charge >= 0.3 is 5.97 Å². The maximum Gasteiger partial charge on any atom is 0.338 e. The Balaban J connectivity index is 1.81. The van der Waals surface area contributed by atoms with Crippen molar-refractivity contribution in [2.45, 2.75) is 52.2 Å². The van der Waals surface area contributed by atoms with Crippen LogP contribution in [0.1, 0.15) is 54.5 Å². The van der Waals surface area contributed by atoms with Crippen molar-refractivity contribution in [2.75, 3.05) is 18.7 Å². The van der Waals surface area contributed by atoms with E-state index in [0.29, 0.717) is 28.0 Å². The molecule has 0 unspecified atom stereocenters. The molecule has 7 heteroatoms. The van der Waals surface area contributed by atoms with Gasteiger partial charge in [-0.15, -0.1) is 6.42 Å². The minimum Gasteiger partial charge on any atom is -0.456 e. The van der Waals surface area contributed by atoms with Gasteiger partial charge in [0.25, 0.3) is 5.56 Å². The summed E-state index contributed by atoms with van der Waals surface area (Å²) < 4.78 is 12.3. The topological polar surface area (TPSA) is 73.7 Å². The van der Waals surface area contributed by atoms with Crippen LogP contribution in [0, 0.1) is 12.3 Å². The van der Waals surface area contributed by atoms with Crippen molar-refractivity contribution >= 4 is 22.6 Å². The first-order chi connectivity index (χ1) is 16.2. The number of hydrogen-bond acceptors (Lipinski definition) is 6. The van der Waals surface area contributed by atoms with Gasteiger partial charge in [-0.1, -0.05) is 5.92 Å². The van der Waals surface area contributed by atoms with Gasteiger partial charge in [-0.05, 0) is 87.6 Å². The van der Waals surface area contributed by atoms with Crippen LogP contribution < -0.4 is 10.6 Å². The predicted octanol–water partition coefficient (Wildman–Crippen LogP) is 3.89. The van der Waals surface area contributed by atoms with Gasteiger partial charge in [0.05, 0.1) is 22.2 Å². The van der Waals surface area contributed by atoms with Gasteiger partial charge in [0.1, 0.15) is 18.8 Å². The average molecular weight is 460 g/mol. The monoisotopic (exact) mass is 459 g/mol. The largest absolute Gasteiger partial charge is 0.456 e. The molecule has 0 atom stereocenters. The Morgan fingerprint density at radius 1 is 1.18 bits per heavy atom. The zero-order valence-corrected chi connectivity index (χ0v) is 20.1. The van der Waals surface area contributed by atoms with Gasteiger partial charge in [-0.3, -0.25) is 9.80 Å². The standard InChI is InChI=1S/C27H29N3O4/c1-6-14-29(21-12-10-18(11-13-21)26(32)34-27(2,3)4)30-24(17-33-5)28-23-16-20-9-7-8-19(20)15-22(23)25(30)31/h1,10-13,15-16H,7-9,14,17H2,2-5H3. The fraction of sp³-hybridized carbons (Fsp3) is 0.370. The zero-order chi connectivity index (χ0) is 24.5. The predicted molar refractivity (Wildman–Crippen MR) is 132 cm³/mol. The summed E-state index contributed by atoms with van der Waals surface area (Å²) in [6, 6.07) is 10.8. The number of aryl methyl sites for hydroxylation is 2. The molecule has 176 valence electrons. The summed E-state index contributed by atoms with van der Waals surface area (Å²) in [6.07, 6.45) is 8.73. The van der Waals surface area contributed by atoms with Crippen molar-refractivity contribution in [3.63, 3.8) is 0 Å². The number of carbonyl (C=O) groups excluding carboxylic acids is 1. The molecule has 0 saturated heterocycles. The van der Waals surface area contributed by atoms with Crippen LogP contribution in [-0.2, 0) is 28.9 Å². The number of methoxy groups -OCH3 is 1. The van der Waals surface area contributed by atoms with E-state index in [-0.39, 0.29) is 18.7 Å². The maximum absolute atomic E-state index is 13.7. The minimum atomic E-state index is -0.593. The second-order valence-corrected chi connectivity index (χ2v) is 9.38. The van der Waals surface area contributed by atoms with Crippen molar-refractivity contribution in [3.8, 4) is 12.3 Å². The lowest BCUT2D eigenvalue weighted by molar-refractivity contribution is 0.00695. The van der Waals surface area contributed by atoms with E-state index in [4.69, 9.17) is 20.9 Å². The second-order valence-electron chi connectivity index (χ2n) is 9.38. The first kappa shape index (κ1) is 23.5. The van der Waals surface area contributed by atoms with E-state index in [1.54, 1.807) is 36.4 Å². The van der Waals surface area contributed by atoms with E-state index >= 15 is 0 Å². The number of aromatic nitrogens is 2. The number of benzene rings is 2. The highest BCUT2D eigenvalue weighted by atomic mass is 16.6. The molecule has 0 radical (unpaired) electrons. The number of anilines is 1. The number of ether oxygens (including phenoxy) is 2. The van der Waals surface area contributed by atoms with Crippen LogP contribution >= 0.6 is 0 Å². The lowest BCUT2D eigenvalue weighted by atomic mass is 10.1. The third kappa shape index (κ3) is 4.68.